The number of thiazole rings is 1. The van der Waals surface area contributed by atoms with Crippen LogP contribution in [-0.2, 0) is 68.4 Å². The number of nitrogens with zero attached hydrogens (tertiary/aromatic N) is 4. The average Bonchev–Trinajstić information content (AvgIpc) is 4.03. The van der Waals surface area contributed by atoms with E-state index in [2.05, 4.69) is 15.6 Å². The molecule has 0 spiro atoms. The Labute approximate surface area is 402 Å². The Morgan fingerprint density at radius 2 is 1.36 bits per heavy atom. The van der Waals surface area contributed by atoms with Crippen molar-refractivity contribution >= 4 is 40.9 Å². The van der Waals surface area contributed by atoms with Crippen molar-refractivity contribution in [1.82, 2.24) is 30.3 Å². The molecule has 0 aliphatic carbocycles. The second-order valence-electron chi connectivity index (χ2n) is 16.9. The number of likely N-dealkylation sites (tertiary alicyclic amines) is 1. The average molecular weight is 974 g/mol. The molecule has 20 nitrogen and oxygen atoms in total. The number of rotatable bonds is 38. The Hall–Kier alpha value is -3.38. The molecule has 1 unspecified atom stereocenters. The SMILES string of the molecule is CC[C@H](C)[C@@H]([C@@H](CC(=O)N1CCC[C@H]1[C@H](OC)[C@@H](C)C(=O)NCc1nccs1)OC)N(C)C(=O)CNC(=O)C(C(C)C)N(C)C(=O)CCOCCOCCOCCOCCOCCOCCN. The molecule has 0 radical (unpaired) electrons. The van der Waals surface area contributed by atoms with Crippen LogP contribution in [0.15, 0.2) is 11.6 Å². The summed E-state index contributed by atoms with van der Waals surface area (Å²) in [5, 5.41) is 8.35. The lowest BCUT2D eigenvalue weighted by Gasteiger charge is -2.39. The second-order valence-corrected chi connectivity index (χ2v) is 17.9. The minimum absolute atomic E-state index is 0.00339. The normalized spacial score (nSPS) is 16.6. The van der Waals surface area contributed by atoms with Crippen molar-refractivity contribution in [3.05, 3.63) is 16.6 Å². The monoisotopic (exact) mass is 974 g/mol. The van der Waals surface area contributed by atoms with Crippen LogP contribution in [0.25, 0.3) is 0 Å². The lowest BCUT2D eigenvalue weighted by atomic mass is 9.90. The molecule has 2 rings (SSSR count). The Kier molecular flexibility index (Phi) is 31.1. The Morgan fingerprint density at radius 1 is 0.791 bits per heavy atom. The van der Waals surface area contributed by atoms with Gasteiger partial charge in [0.15, 0.2) is 0 Å². The Balaban J connectivity index is 1.81. The van der Waals surface area contributed by atoms with Crippen LogP contribution in [0.5, 0.6) is 0 Å². The van der Waals surface area contributed by atoms with E-state index in [0.29, 0.717) is 105 Å². The molecule has 0 aromatic carbocycles. The highest BCUT2D eigenvalue weighted by atomic mass is 32.1. The highest BCUT2D eigenvalue weighted by molar-refractivity contribution is 7.09. The third-order valence-corrected chi connectivity index (χ3v) is 12.7. The molecule has 1 aliphatic heterocycles. The molecule has 386 valence electrons. The molecule has 0 bridgehead atoms. The first-order chi connectivity index (χ1) is 32.2. The van der Waals surface area contributed by atoms with Gasteiger partial charge in [0, 0.05) is 53.0 Å². The first-order valence-corrected chi connectivity index (χ1v) is 24.6. The van der Waals surface area contributed by atoms with Crippen molar-refractivity contribution in [2.75, 3.05) is 127 Å². The van der Waals surface area contributed by atoms with Crippen molar-refractivity contribution in [3.63, 3.8) is 0 Å². The van der Waals surface area contributed by atoms with Crippen molar-refractivity contribution in [1.29, 1.82) is 0 Å². The predicted molar refractivity (Wildman–Crippen MR) is 253 cm³/mol. The standard InChI is InChI=1S/C46H83N7O13S/c1-10-34(4)43(37(59-8)30-40(55)53-16-11-12-36(53)44(60-9)35(5)45(57)49-31-38-48-15-29-67-38)52(7)41(56)32-50-46(58)42(33(2)3)51(6)39(54)13-17-61-19-21-63-23-25-65-27-28-66-26-24-64-22-20-62-18-14-47/h15,29,33-37,42-44H,10-14,16-28,30-32,47H2,1-9H3,(H,49,57)(H,50,58)/t34-,35+,36-,37+,42?,43-,44+/m0/s1. The first kappa shape index (κ1) is 59.7. The maximum Gasteiger partial charge on any atom is 0.243 e. The number of carbonyl (C=O) groups is 5. The van der Waals surface area contributed by atoms with Crippen LogP contribution in [-0.4, -0.2) is 207 Å². The molecule has 5 amide bonds. The van der Waals surface area contributed by atoms with Gasteiger partial charge >= 0.3 is 0 Å². The number of amides is 5. The third-order valence-electron chi connectivity index (χ3n) is 11.9. The van der Waals surface area contributed by atoms with E-state index in [1.54, 1.807) is 44.1 Å². The summed E-state index contributed by atoms with van der Waals surface area (Å²) in [6.45, 7) is 15.4. The van der Waals surface area contributed by atoms with Crippen molar-refractivity contribution in [2.45, 2.75) is 104 Å². The van der Waals surface area contributed by atoms with Crippen LogP contribution in [0, 0.1) is 17.8 Å². The highest BCUT2D eigenvalue weighted by Crippen LogP contribution is 2.29. The van der Waals surface area contributed by atoms with Gasteiger partial charge in [0.1, 0.15) is 11.0 Å². The van der Waals surface area contributed by atoms with Gasteiger partial charge in [-0.3, -0.25) is 24.0 Å². The number of nitrogens with one attached hydrogen (secondary N) is 2. The molecule has 4 N–H and O–H groups in total. The molecule has 7 atom stereocenters. The molecule has 0 saturated carbocycles. The van der Waals surface area contributed by atoms with Crippen LogP contribution < -0.4 is 16.4 Å². The van der Waals surface area contributed by atoms with Crippen molar-refractivity contribution in [3.8, 4) is 0 Å². The zero-order valence-electron chi connectivity index (χ0n) is 41.7. The number of hydrogen-bond acceptors (Lipinski definition) is 16. The summed E-state index contributed by atoms with van der Waals surface area (Å²) < 4.78 is 44.5. The molecule has 21 heteroatoms. The number of ether oxygens (including phenoxy) is 8. The van der Waals surface area contributed by atoms with Crippen molar-refractivity contribution in [2.24, 2.45) is 23.5 Å². The number of likely N-dealkylation sites (N-methyl/N-ethyl adjacent to an activating group) is 2. The Morgan fingerprint density at radius 3 is 1.85 bits per heavy atom. The Bertz CT molecular complexity index is 1530. The zero-order chi connectivity index (χ0) is 49.6. The molecule has 2 heterocycles. The lowest BCUT2D eigenvalue weighted by Crippen LogP contribution is -2.55. The molecule has 1 aliphatic rings. The van der Waals surface area contributed by atoms with Crippen LogP contribution in [0.3, 0.4) is 0 Å². The van der Waals surface area contributed by atoms with Crippen LogP contribution in [0.2, 0.25) is 0 Å². The highest BCUT2D eigenvalue weighted by Gasteiger charge is 2.42. The molecule has 1 aromatic rings. The van der Waals surface area contributed by atoms with Gasteiger partial charge in [0.05, 0.1) is 135 Å². The number of carbonyl (C=O) groups excluding carboxylic acids is 5. The second kappa shape index (κ2) is 34.8. The number of nitrogens with two attached hydrogens (primary N) is 1. The quantitative estimate of drug-likeness (QED) is 0.0802. The van der Waals surface area contributed by atoms with E-state index in [-0.39, 0.29) is 67.5 Å². The zero-order valence-corrected chi connectivity index (χ0v) is 42.5. The van der Waals surface area contributed by atoms with Gasteiger partial charge in [-0.15, -0.1) is 11.3 Å². The number of hydrogen-bond donors (Lipinski definition) is 3. The maximum absolute atomic E-state index is 14.1. The summed E-state index contributed by atoms with van der Waals surface area (Å²) in [5.74, 6) is -2.27. The van der Waals surface area contributed by atoms with E-state index in [1.807, 2.05) is 33.1 Å². The van der Waals surface area contributed by atoms with Gasteiger partial charge < -0.3 is 69.0 Å². The van der Waals surface area contributed by atoms with E-state index < -0.39 is 36.1 Å². The summed E-state index contributed by atoms with van der Waals surface area (Å²) >= 11 is 1.46. The lowest BCUT2D eigenvalue weighted by molar-refractivity contribution is -0.146. The van der Waals surface area contributed by atoms with Gasteiger partial charge in [-0.2, -0.15) is 0 Å². The van der Waals surface area contributed by atoms with Gasteiger partial charge in [-0.1, -0.05) is 41.0 Å². The molecular formula is C46H83N7O13S. The summed E-state index contributed by atoms with van der Waals surface area (Å²) in [4.78, 5) is 76.7. The molecule has 67 heavy (non-hydrogen) atoms. The smallest absolute Gasteiger partial charge is 0.243 e. The van der Waals surface area contributed by atoms with E-state index in [4.69, 9.17) is 43.6 Å². The number of methoxy groups -OCH3 is 2. The van der Waals surface area contributed by atoms with Crippen LogP contribution >= 0.6 is 11.3 Å². The van der Waals surface area contributed by atoms with Crippen molar-refractivity contribution < 1.29 is 61.9 Å². The van der Waals surface area contributed by atoms with Gasteiger partial charge in [0.25, 0.3) is 0 Å². The fourth-order valence-electron chi connectivity index (χ4n) is 8.08. The molecule has 1 fully saturated rings. The van der Waals surface area contributed by atoms with Gasteiger partial charge in [0.2, 0.25) is 29.5 Å². The van der Waals surface area contributed by atoms with E-state index in [1.165, 1.54) is 23.3 Å². The summed E-state index contributed by atoms with van der Waals surface area (Å²) in [6.07, 6.45) is 2.71. The third kappa shape index (κ3) is 21.9. The van der Waals surface area contributed by atoms with E-state index >= 15 is 0 Å². The fourth-order valence-corrected chi connectivity index (χ4v) is 8.64. The minimum atomic E-state index is -0.829. The van der Waals surface area contributed by atoms with Gasteiger partial charge in [-0.05, 0) is 24.7 Å². The largest absolute Gasteiger partial charge is 0.379 e. The topological polar surface area (TPSA) is 232 Å². The molecule has 1 saturated heterocycles. The summed E-state index contributed by atoms with van der Waals surface area (Å²) in [7, 11) is 6.32. The van der Waals surface area contributed by atoms with E-state index in [9.17, 15) is 24.0 Å². The van der Waals surface area contributed by atoms with E-state index in [0.717, 1.165) is 11.4 Å². The fraction of sp³-hybridized carbons (Fsp3) is 0.826. The number of aromatic nitrogens is 1. The minimum Gasteiger partial charge on any atom is -0.379 e. The first-order valence-electron chi connectivity index (χ1n) is 23.7. The molecular weight excluding hydrogens is 891 g/mol. The molecule has 1 aromatic heterocycles. The summed E-state index contributed by atoms with van der Waals surface area (Å²) in [5.41, 5.74) is 5.36. The predicted octanol–water partition coefficient (Wildman–Crippen LogP) is 1.73. The summed E-state index contributed by atoms with van der Waals surface area (Å²) in [6, 6.07) is -1.64. The maximum atomic E-state index is 14.1. The van der Waals surface area contributed by atoms with Crippen LogP contribution in [0.4, 0.5) is 0 Å². The van der Waals surface area contributed by atoms with Gasteiger partial charge in [-0.25, -0.2) is 4.98 Å². The van der Waals surface area contributed by atoms with Crippen LogP contribution in [0.1, 0.15) is 71.7 Å².